The highest BCUT2D eigenvalue weighted by atomic mass is 32.1. The molecule has 3 heterocycles. The van der Waals surface area contributed by atoms with E-state index in [4.69, 9.17) is 0 Å². The Morgan fingerprint density at radius 1 is 1.23 bits per heavy atom. The van der Waals surface area contributed by atoms with Crippen LogP contribution in [0.25, 0.3) is 16.3 Å². The van der Waals surface area contributed by atoms with Crippen molar-refractivity contribution in [1.29, 1.82) is 0 Å². The number of nitro groups is 1. The number of thiazole rings is 1. The van der Waals surface area contributed by atoms with Crippen molar-refractivity contribution in [3.05, 3.63) is 87.1 Å². The Labute approximate surface area is 180 Å². The van der Waals surface area contributed by atoms with Crippen molar-refractivity contribution in [2.24, 2.45) is 0 Å². The van der Waals surface area contributed by atoms with Crippen LogP contribution in [0.3, 0.4) is 0 Å². The van der Waals surface area contributed by atoms with E-state index in [1.807, 2.05) is 37.3 Å². The average molecular weight is 437 g/mol. The van der Waals surface area contributed by atoms with Crippen molar-refractivity contribution in [3.8, 4) is 0 Å². The first-order chi connectivity index (χ1) is 14.5. The van der Waals surface area contributed by atoms with Crippen molar-refractivity contribution in [2.75, 3.05) is 4.90 Å². The van der Waals surface area contributed by atoms with Crippen LogP contribution in [0.5, 0.6) is 0 Å². The first-order valence-corrected chi connectivity index (χ1v) is 10.6. The lowest BCUT2D eigenvalue weighted by Gasteiger charge is -2.18. The second-order valence-corrected chi connectivity index (χ2v) is 8.62. The standard InChI is InChI=1S/C21H16N4O3S2/c1-14-4-7-17-18(11-14)30-21(23-17)24(13-15-3-2-10-22-12-15)19(26)8-5-16-6-9-20(29-16)25(27)28/h2-12H,13H2,1H3. The summed E-state index contributed by atoms with van der Waals surface area (Å²) in [6.45, 7) is 2.33. The second-order valence-electron chi connectivity index (χ2n) is 6.52. The third-order valence-corrected chi connectivity index (χ3v) is 6.32. The maximum absolute atomic E-state index is 13.1. The van der Waals surface area contributed by atoms with Gasteiger partial charge < -0.3 is 0 Å². The van der Waals surface area contributed by atoms with E-state index in [9.17, 15) is 14.9 Å². The molecule has 150 valence electrons. The molecule has 0 aliphatic carbocycles. The lowest BCUT2D eigenvalue weighted by atomic mass is 10.2. The molecule has 0 spiro atoms. The van der Waals surface area contributed by atoms with Crippen LogP contribution in [0, 0.1) is 17.0 Å². The number of aromatic nitrogens is 2. The van der Waals surface area contributed by atoms with Gasteiger partial charge in [0, 0.05) is 29.4 Å². The van der Waals surface area contributed by atoms with Gasteiger partial charge in [-0.05, 0) is 48.4 Å². The van der Waals surface area contributed by atoms with E-state index < -0.39 is 4.92 Å². The number of benzene rings is 1. The lowest BCUT2D eigenvalue weighted by Crippen LogP contribution is -2.28. The summed E-state index contributed by atoms with van der Waals surface area (Å²) < 4.78 is 1.01. The fraction of sp³-hybridized carbons (Fsp3) is 0.0952. The fourth-order valence-corrected chi connectivity index (χ4v) is 4.62. The predicted octanol–water partition coefficient (Wildman–Crippen LogP) is 5.22. The molecule has 0 fully saturated rings. The maximum Gasteiger partial charge on any atom is 0.324 e. The number of fused-ring (bicyclic) bond motifs is 1. The minimum absolute atomic E-state index is 0.0378. The predicted molar refractivity (Wildman–Crippen MR) is 120 cm³/mol. The smallest absolute Gasteiger partial charge is 0.280 e. The van der Waals surface area contributed by atoms with Crippen molar-refractivity contribution in [1.82, 2.24) is 9.97 Å². The van der Waals surface area contributed by atoms with E-state index >= 15 is 0 Å². The van der Waals surface area contributed by atoms with Crippen molar-refractivity contribution in [2.45, 2.75) is 13.5 Å². The normalized spacial score (nSPS) is 11.2. The highest BCUT2D eigenvalue weighted by Crippen LogP contribution is 2.31. The van der Waals surface area contributed by atoms with Crippen LogP contribution < -0.4 is 4.90 Å². The fourth-order valence-electron chi connectivity index (χ4n) is 2.82. The number of nitrogens with zero attached hydrogens (tertiary/aromatic N) is 4. The lowest BCUT2D eigenvalue weighted by molar-refractivity contribution is -0.380. The monoisotopic (exact) mass is 436 g/mol. The van der Waals surface area contributed by atoms with Crippen LogP contribution in [0.4, 0.5) is 10.1 Å². The zero-order valence-electron chi connectivity index (χ0n) is 15.9. The minimum Gasteiger partial charge on any atom is -0.280 e. The second kappa shape index (κ2) is 8.52. The van der Waals surface area contributed by atoms with Gasteiger partial charge in [-0.3, -0.25) is 24.8 Å². The molecule has 0 unspecified atom stereocenters. The molecular weight excluding hydrogens is 420 g/mol. The molecule has 0 radical (unpaired) electrons. The maximum atomic E-state index is 13.1. The number of thiophene rings is 1. The third kappa shape index (κ3) is 4.42. The number of anilines is 1. The number of carbonyl (C=O) groups is 1. The molecule has 0 atom stereocenters. The van der Waals surface area contributed by atoms with Gasteiger partial charge in [-0.15, -0.1) is 0 Å². The molecule has 4 aromatic rings. The van der Waals surface area contributed by atoms with Crippen LogP contribution >= 0.6 is 22.7 Å². The topological polar surface area (TPSA) is 89.2 Å². The number of hydrogen-bond acceptors (Lipinski definition) is 7. The molecule has 30 heavy (non-hydrogen) atoms. The van der Waals surface area contributed by atoms with Gasteiger partial charge in [-0.2, -0.15) is 0 Å². The molecular formula is C21H16N4O3S2. The zero-order chi connectivity index (χ0) is 21.1. The average Bonchev–Trinajstić information content (AvgIpc) is 3.37. The molecule has 1 aromatic carbocycles. The summed E-state index contributed by atoms with van der Waals surface area (Å²) in [5.41, 5.74) is 2.84. The Bertz CT molecular complexity index is 1250. The number of carbonyl (C=O) groups excluding carboxylic acids is 1. The van der Waals surface area contributed by atoms with Crippen LogP contribution in [-0.4, -0.2) is 20.8 Å². The first-order valence-electron chi connectivity index (χ1n) is 8.99. The molecule has 0 N–H and O–H groups in total. The molecule has 9 heteroatoms. The van der Waals surface area contributed by atoms with Crippen LogP contribution in [0.1, 0.15) is 16.0 Å². The Kier molecular flexibility index (Phi) is 5.64. The molecule has 3 aromatic heterocycles. The van der Waals surface area contributed by atoms with E-state index in [2.05, 4.69) is 9.97 Å². The van der Waals surface area contributed by atoms with Crippen molar-refractivity contribution < 1.29 is 9.72 Å². The van der Waals surface area contributed by atoms with Crippen LogP contribution in [-0.2, 0) is 11.3 Å². The van der Waals surface area contributed by atoms with E-state index in [1.165, 1.54) is 23.5 Å². The molecule has 0 saturated carbocycles. The summed E-state index contributed by atoms with van der Waals surface area (Å²) in [6.07, 6.45) is 6.40. The van der Waals surface area contributed by atoms with Gasteiger partial charge in [0.1, 0.15) is 0 Å². The van der Waals surface area contributed by atoms with Gasteiger partial charge >= 0.3 is 5.00 Å². The quantitative estimate of drug-likeness (QED) is 0.235. The van der Waals surface area contributed by atoms with E-state index in [1.54, 1.807) is 29.4 Å². The van der Waals surface area contributed by atoms with Crippen LogP contribution in [0.15, 0.2) is 60.9 Å². The highest BCUT2D eigenvalue weighted by Gasteiger charge is 2.19. The summed E-state index contributed by atoms with van der Waals surface area (Å²) in [5.74, 6) is -0.259. The number of hydrogen-bond donors (Lipinski definition) is 0. The summed E-state index contributed by atoms with van der Waals surface area (Å²) in [7, 11) is 0. The molecule has 4 rings (SSSR count). The Morgan fingerprint density at radius 3 is 2.83 bits per heavy atom. The molecule has 0 bridgehead atoms. The SMILES string of the molecule is Cc1ccc2nc(N(Cc3cccnc3)C(=O)C=Cc3ccc([N+](=O)[O-])s3)sc2c1. The summed E-state index contributed by atoms with van der Waals surface area (Å²) in [5, 5.41) is 11.5. The molecule has 7 nitrogen and oxygen atoms in total. The minimum atomic E-state index is -0.443. The zero-order valence-corrected chi connectivity index (χ0v) is 17.5. The van der Waals surface area contributed by atoms with Crippen molar-refractivity contribution >= 4 is 55.0 Å². The van der Waals surface area contributed by atoms with Crippen LogP contribution in [0.2, 0.25) is 0 Å². The van der Waals surface area contributed by atoms with Gasteiger partial charge in [0.05, 0.1) is 21.7 Å². The number of amides is 1. The van der Waals surface area contributed by atoms with Gasteiger partial charge in [0.25, 0.3) is 5.91 Å². The summed E-state index contributed by atoms with van der Waals surface area (Å²) in [6, 6.07) is 12.7. The van der Waals surface area contributed by atoms with Gasteiger partial charge in [0.15, 0.2) is 5.13 Å². The summed E-state index contributed by atoms with van der Waals surface area (Å²) in [4.78, 5) is 34.5. The Hall–Kier alpha value is -3.43. The summed E-state index contributed by atoms with van der Waals surface area (Å²) >= 11 is 2.47. The Balaban J connectivity index is 1.65. The van der Waals surface area contributed by atoms with Gasteiger partial charge in [0.2, 0.25) is 0 Å². The number of rotatable bonds is 6. The van der Waals surface area contributed by atoms with Gasteiger partial charge in [-0.25, -0.2) is 4.98 Å². The highest BCUT2D eigenvalue weighted by molar-refractivity contribution is 7.22. The van der Waals surface area contributed by atoms with E-state index in [-0.39, 0.29) is 10.9 Å². The molecule has 0 saturated heterocycles. The van der Waals surface area contributed by atoms with E-state index in [0.717, 1.165) is 32.7 Å². The largest absolute Gasteiger partial charge is 0.324 e. The van der Waals surface area contributed by atoms with E-state index in [0.29, 0.717) is 16.6 Å². The molecule has 0 aliphatic heterocycles. The number of aryl methyl sites for hydroxylation is 1. The third-order valence-electron chi connectivity index (χ3n) is 4.28. The first kappa shape index (κ1) is 19.9. The molecule has 1 amide bonds. The molecule has 0 aliphatic rings. The number of pyridine rings is 1. The van der Waals surface area contributed by atoms with Gasteiger partial charge in [-0.1, -0.05) is 34.8 Å². The Morgan fingerprint density at radius 2 is 2.10 bits per heavy atom. The van der Waals surface area contributed by atoms with Crippen molar-refractivity contribution in [3.63, 3.8) is 0 Å².